The van der Waals surface area contributed by atoms with E-state index in [0.29, 0.717) is 10.9 Å². The number of benzene rings is 2. The van der Waals surface area contributed by atoms with Gasteiger partial charge in [-0.25, -0.2) is 0 Å². The lowest BCUT2D eigenvalue weighted by Crippen LogP contribution is -1.97. The van der Waals surface area contributed by atoms with Crippen LogP contribution < -0.4 is 0 Å². The van der Waals surface area contributed by atoms with E-state index in [9.17, 15) is 5.11 Å². The van der Waals surface area contributed by atoms with Gasteiger partial charge in [0.25, 0.3) is 0 Å². The van der Waals surface area contributed by atoms with Gasteiger partial charge in [-0.1, -0.05) is 6.07 Å². The second kappa shape index (κ2) is 4.07. The maximum Gasteiger partial charge on any atom is 0.162 e. The molecule has 0 aliphatic rings. The van der Waals surface area contributed by atoms with Gasteiger partial charge in [-0.15, -0.1) is 0 Å². The Balaban J connectivity index is 2.92. The molecule has 0 aliphatic heterocycles. The van der Waals surface area contributed by atoms with Crippen molar-refractivity contribution in [3.8, 4) is 11.8 Å². The molecule has 0 heterocycles. The molecule has 0 atom stereocenters. The summed E-state index contributed by atoms with van der Waals surface area (Å²) < 4.78 is 0. The second-order valence-corrected chi connectivity index (χ2v) is 5.81. The number of aromatic hydroxyl groups is 1. The number of phenolic OH excluding ortho intramolecular Hbond substituents is 1. The highest BCUT2D eigenvalue weighted by Crippen LogP contribution is 2.32. The SMILES string of the molecule is C[S+](C)c1ccc(C#N)c2c(O)cccc12. The van der Waals surface area contributed by atoms with Gasteiger partial charge >= 0.3 is 0 Å². The topological polar surface area (TPSA) is 44.0 Å². The average molecular weight is 230 g/mol. The first-order valence-electron chi connectivity index (χ1n) is 4.87. The Hall–Kier alpha value is -1.66. The molecular formula is C13H12NOS+. The van der Waals surface area contributed by atoms with Gasteiger partial charge in [0.1, 0.15) is 18.3 Å². The molecule has 3 heteroatoms. The Morgan fingerprint density at radius 2 is 1.94 bits per heavy atom. The molecule has 2 aromatic rings. The summed E-state index contributed by atoms with van der Waals surface area (Å²) in [4.78, 5) is 1.19. The highest BCUT2D eigenvalue weighted by atomic mass is 32.2. The second-order valence-electron chi connectivity index (χ2n) is 3.74. The molecular weight excluding hydrogens is 218 g/mol. The molecule has 0 amide bonds. The van der Waals surface area contributed by atoms with E-state index in [-0.39, 0.29) is 16.6 Å². The van der Waals surface area contributed by atoms with Crippen LogP contribution in [0.3, 0.4) is 0 Å². The molecule has 0 saturated heterocycles. The normalized spacial score (nSPS) is 10.6. The van der Waals surface area contributed by atoms with Crippen LogP contribution in [-0.2, 0) is 10.9 Å². The van der Waals surface area contributed by atoms with E-state index >= 15 is 0 Å². The van der Waals surface area contributed by atoms with E-state index in [1.165, 1.54) is 4.90 Å². The summed E-state index contributed by atoms with van der Waals surface area (Å²) in [7, 11) is 0.107. The Morgan fingerprint density at radius 3 is 2.56 bits per heavy atom. The van der Waals surface area contributed by atoms with Crippen molar-refractivity contribution in [2.75, 3.05) is 12.5 Å². The fourth-order valence-electron chi connectivity index (χ4n) is 1.81. The fraction of sp³-hybridized carbons (Fsp3) is 0.154. The number of nitrogens with zero attached hydrogens (tertiary/aromatic N) is 1. The molecule has 80 valence electrons. The van der Waals surface area contributed by atoms with Crippen LogP contribution in [0.15, 0.2) is 35.2 Å². The van der Waals surface area contributed by atoms with E-state index < -0.39 is 0 Å². The highest BCUT2D eigenvalue weighted by Gasteiger charge is 2.16. The van der Waals surface area contributed by atoms with Crippen LogP contribution in [0.1, 0.15) is 5.56 Å². The summed E-state index contributed by atoms with van der Waals surface area (Å²) in [6.45, 7) is 0. The van der Waals surface area contributed by atoms with E-state index in [1.54, 1.807) is 12.1 Å². The average Bonchev–Trinajstić information content (AvgIpc) is 2.27. The van der Waals surface area contributed by atoms with Crippen LogP contribution in [0.2, 0.25) is 0 Å². The van der Waals surface area contributed by atoms with E-state index in [1.807, 2.05) is 18.2 Å². The van der Waals surface area contributed by atoms with Crippen molar-refractivity contribution in [3.05, 3.63) is 35.9 Å². The Kier molecular flexibility index (Phi) is 2.76. The molecule has 0 radical (unpaired) electrons. The van der Waals surface area contributed by atoms with E-state index in [0.717, 1.165) is 5.39 Å². The lowest BCUT2D eigenvalue weighted by atomic mass is 10.0. The Bertz CT molecular complexity index is 584. The standard InChI is InChI=1S/C13H11NOS/c1-16(2)12-7-6-9(8-14)13-10(12)4-3-5-11(13)15/h3-7H,1-2H3/p+1. The smallest absolute Gasteiger partial charge is 0.162 e. The predicted molar refractivity (Wildman–Crippen MR) is 67.8 cm³/mol. The van der Waals surface area contributed by atoms with Crippen molar-refractivity contribution in [1.82, 2.24) is 0 Å². The van der Waals surface area contributed by atoms with Crippen molar-refractivity contribution in [3.63, 3.8) is 0 Å². The molecule has 2 rings (SSSR count). The first-order valence-corrected chi connectivity index (χ1v) is 6.91. The van der Waals surface area contributed by atoms with Gasteiger partial charge in [0, 0.05) is 21.7 Å². The van der Waals surface area contributed by atoms with Crippen molar-refractivity contribution in [2.45, 2.75) is 4.90 Å². The van der Waals surface area contributed by atoms with Gasteiger partial charge in [0.05, 0.1) is 11.6 Å². The molecule has 16 heavy (non-hydrogen) atoms. The number of nitriles is 1. The van der Waals surface area contributed by atoms with Gasteiger partial charge < -0.3 is 5.11 Å². The monoisotopic (exact) mass is 230 g/mol. The summed E-state index contributed by atoms with van der Waals surface area (Å²) in [5.74, 6) is 0.182. The molecule has 1 N–H and O–H groups in total. The molecule has 0 fully saturated rings. The zero-order valence-corrected chi connectivity index (χ0v) is 10.0. The summed E-state index contributed by atoms with van der Waals surface area (Å²) in [6.07, 6.45) is 4.26. The highest BCUT2D eigenvalue weighted by molar-refractivity contribution is 7.95. The van der Waals surface area contributed by atoms with Crippen molar-refractivity contribution >= 4 is 21.7 Å². The van der Waals surface area contributed by atoms with Crippen molar-refractivity contribution < 1.29 is 5.11 Å². The number of rotatable bonds is 1. The summed E-state index contributed by atoms with van der Waals surface area (Å²) in [5, 5.41) is 20.5. The fourth-order valence-corrected chi connectivity index (χ4v) is 2.76. The maximum absolute atomic E-state index is 9.84. The molecule has 0 aliphatic carbocycles. The van der Waals surface area contributed by atoms with Crippen LogP contribution in [-0.4, -0.2) is 17.6 Å². The lowest BCUT2D eigenvalue weighted by Gasteiger charge is -2.06. The molecule has 0 saturated carbocycles. The van der Waals surface area contributed by atoms with Crippen LogP contribution >= 0.6 is 0 Å². The molecule has 0 aromatic heterocycles. The minimum absolute atomic E-state index is 0.107. The Labute approximate surface area is 97.5 Å². The first kappa shape index (κ1) is 10.8. The van der Waals surface area contributed by atoms with Gasteiger partial charge in [-0.05, 0) is 24.3 Å². The maximum atomic E-state index is 9.84. The van der Waals surface area contributed by atoms with Crippen molar-refractivity contribution in [1.29, 1.82) is 5.26 Å². The summed E-state index contributed by atoms with van der Waals surface area (Å²) in [5.41, 5.74) is 0.530. The minimum atomic E-state index is 0.107. The minimum Gasteiger partial charge on any atom is -0.507 e. The molecule has 2 nitrogen and oxygen atoms in total. The lowest BCUT2D eigenvalue weighted by molar-refractivity contribution is 0.481. The van der Waals surface area contributed by atoms with Gasteiger partial charge in [0.15, 0.2) is 4.90 Å². The molecule has 0 unspecified atom stereocenters. The summed E-state index contributed by atoms with van der Waals surface area (Å²) >= 11 is 0. The largest absolute Gasteiger partial charge is 0.507 e. The summed E-state index contributed by atoms with van der Waals surface area (Å²) in [6, 6.07) is 11.3. The van der Waals surface area contributed by atoms with Gasteiger partial charge in [-0.2, -0.15) is 5.26 Å². The first-order chi connectivity index (χ1) is 7.65. The zero-order valence-electron chi connectivity index (χ0n) is 9.19. The number of fused-ring (bicyclic) bond motifs is 1. The Morgan fingerprint density at radius 1 is 1.19 bits per heavy atom. The predicted octanol–water partition coefficient (Wildman–Crippen LogP) is 2.65. The molecule has 0 bridgehead atoms. The van der Waals surface area contributed by atoms with Crippen LogP contribution in [0.25, 0.3) is 10.8 Å². The number of phenols is 1. The molecule has 0 spiro atoms. The van der Waals surface area contributed by atoms with Gasteiger partial charge in [-0.3, -0.25) is 0 Å². The van der Waals surface area contributed by atoms with E-state index in [4.69, 9.17) is 5.26 Å². The van der Waals surface area contributed by atoms with Gasteiger partial charge in [0.2, 0.25) is 0 Å². The zero-order chi connectivity index (χ0) is 11.7. The van der Waals surface area contributed by atoms with Crippen molar-refractivity contribution in [2.24, 2.45) is 0 Å². The molecule has 2 aromatic carbocycles. The number of hydrogen-bond donors (Lipinski definition) is 1. The van der Waals surface area contributed by atoms with Crippen LogP contribution in [0.5, 0.6) is 5.75 Å². The quantitative estimate of drug-likeness (QED) is 0.765. The third-order valence-corrected chi connectivity index (χ3v) is 3.77. The third-order valence-electron chi connectivity index (χ3n) is 2.54. The van der Waals surface area contributed by atoms with E-state index in [2.05, 4.69) is 18.6 Å². The number of hydrogen-bond acceptors (Lipinski definition) is 2. The third kappa shape index (κ3) is 1.62. The van der Waals surface area contributed by atoms with Crippen LogP contribution in [0, 0.1) is 11.3 Å². The van der Waals surface area contributed by atoms with Crippen LogP contribution in [0.4, 0.5) is 0 Å².